The molecule has 0 N–H and O–H groups in total. The van der Waals surface area contributed by atoms with Crippen molar-refractivity contribution in [3.8, 4) is 0 Å². The molecule has 0 saturated heterocycles. The molecule has 0 saturated carbocycles. The summed E-state index contributed by atoms with van der Waals surface area (Å²) in [4.78, 5) is 0. The smallest absolute Gasteiger partial charge is 0 e. The summed E-state index contributed by atoms with van der Waals surface area (Å²) >= 11 is 0. The first-order valence-corrected chi connectivity index (χ1v) is 0. The fourth-order valence-corrected chi connectivity index (χ4v) is 0. The van der Waals surface area contributed by atoms with E-state index in [-0.39, 0.29) is 82.9 Å². The Labute approximate surface area is 82.6 Å². The van der Waals surface area contributed by atoms with Gasteiger partial charge in [-0.1, -0.05) is 0 Å². The van der Waals surface area contributed by atoms with Crippen molar-refractivity contribution in [3.05, 3.63) is 0 Å². The average Bonchev–Trinajstić information content (AvgIpc) is 0. The minimum atomic E-state index is 0. The first kappa shape index (κ1) is 165. The van der Waals surface area contributed by atoms with Gasteiger partial charge in [-0.25, -0.2) is 0 Å². The third-order valence-corrected chi connectivity index (χ3v) is 0. The van der Waals surface area contributed by atoms with Crippen molar-refractivity contribution in [2.45, 2.75) is 0 Å². The highest BCUT2D eigenvalue weighted by atomic mass is 35.5. The summed E-state index contributed by atoms with van der Waals surface area (Å²) in [7, 11) is 0. The van der Waals surface area contributed by atoms with Crippen LogP contribution in [0.15, 0.2) is 0 Å². The van der Waals surface area contributed by atoms with Gasteiger partial charge < -0.3 is 0 Å². The lowest BCUT2D eigenvalue weighted by molar-refractivity contribution is 5.75. The van der Waals surface area contributed by atoms with Gasteiger partial charge in [0.2, 0.25) is 0 Å². The molecule has 0 aromatic carbocycles. The first-order valence-electron chi connectivity index (χ1n) is 0. The molecule has 0 aromatic rings. The van der Waals surface area contributed by atoms with E-state index in [1.807, 2.05) is 0 Å². The van der Waals surface area contributed by atoms with Crippen molar-refractivity contribution in [1.82, 2.24) is 0 Å². The zero-order valence-corrected chi connectivity index (χ0v) is 7.93. The topological polar surface area (TPSA) is 0 Å². The molecule has 0 spiro atoms. The Morgan fingerprint density at radius 2 is 0.286 bits per heavy atom. The van der Waals surface area contributed by atoms with E-state index >= 15 is 0 Å². The Morgan fingerprint density at radius 1 is 0.286 bits per heavy atom. The molecule has 0 aliphatic carbocycles. The van der Waals surface area contributed by atoms with E-state index in [4.69, 9.17) is 0 Å². The van der Waals surface area contributed by atoms with Crippen LogP contribution in [0.4, 0.5) is 0 Å². The standard InChI is InChI=1S/B.6ClH/h;6*1H. The largest absolute Gasteiger partial charge is 0.147 e. The maximum Gasteiger partial charge on any atom is 0 e. The highest BCUT2D eigenvalue weighted by Gasteiger charge is 0.0000424. The molecule has 0 rings (SSSR count). The van der Waals surface area contributed by atoms with Crippen LogP contribution in [0, 0.1) is 0 Å². The van der Waals surface area contributed by atoms with Gasteiger partial charge in [0.25, 0.3) is 0 Å². The third-order valence-electron chi connectivity index (χ3n) is 0. The molecule has 0 aromatic heterocycles. The molecule has 0 aliphatic rings. The lowest BCUT2D eigenvalue weighted by Crippen LogP contribution is -0.381. The molecule has 3 radical (unpaired) electrons. The number of hydrogen-bond donors (Lipinski definition) is 0. The van der Waals surface area contributed by atoms with Crippen LogP contribution < -0.4 is 0 Å². The van der Waals surface area contributed by atoms with Crippen molar-refractivity contribution in [1.29, 1.82) is 0 Å². The SMILES string of the molecule is Cl.Cl.Cl.Cl.Cl.Cl.[B]. The second-order valence-electron chi connectivity index (χ2n) is 0. The van der Waals surface area contributed by atoms with Gasteiger partial charge in [0, 0.05) is 8.41 Å². The molecule has 7 heavy (non-hydrogen) atoms. The van der Waals surface area contributed by atoms with Crippen molar-refractivity contribution in [3.63, 3.8) is 0 Å². The van der Waals surface area contributed by atoms with Gasteiger partial charge in [-0.15, -0.1) is 74.4 Å². The molecule has 0 heterocycles. The Bertz CT molecular complexity index is 4.14. The molecule has 0 amide bonds. The van der Waals surface area contributed by atoms with Gasteiger partial charge >= 0.3 is 0 Å². The second kappa shape index (κ2) is 111. The summed E-state index contributed by atoms with van der Waals surface area (Å²) in [5, 5.41) is 0. The van der Waals surface area contributed by atoms with Crippen LogP contribution >= 0.6 is 74.4 Å². The monoisotopic (exact) mass is 227 g/mol. The number of hydrogen-bond acceptors (Lipinski definition) is 0. The van der Waals surface area contributed by atoms with E-state index in [2.05, 4.69) is 0 Å². The zero-order chi connectivity index (χ0) is 0. The predicted molar refractivity (Wildman–Crippen MR) is 49.2 cm³/mol. The second-order valence-corrected chi connectivity index (χ2v) is 0. The predicted octanol–water partition coefficient (Wildman–Crippen LogP) is 2.15. The quantitative estimate of drug-likeness (QED) is 0.559. The first-order chi connectivity index (χ1) is 0. The van der Waals surface area contributed by atoms with Crippen molar-refractivity contribution < 1.29 is 0 Å². The minimum Gasteiger partial charge on any atom is -0.147 e. The van der Waals surface area contributed by atoms with Crippen molar-refractivity contribution in [2.24, 2.45) is 0 Å². The maximum absolute atomic E-state index is 0. The molecular weight excluding hydrogens is 224 g/mol. The summed E-state index contributed by atoms with van der Waals surface area (Å²) in [5.74, 6) is 0. The summed E-state index contributed by atoms with van der Waals surface area (Å²) in [5.41, 5.74) is 0. The molecule has 0 bridgehead atoms. The fraction of sp³-hybridized carbons (Fsp3) is 0. The van der Waals surface area contributed by atoms with E-state index in [0.717, 1.165) is 0 Å². The summed E-state index contributed by atoms with van der Waals surface area (Å²) in [6.07, 6.45) is 0. The Kier molecular flexibility index (Phi) is 2610. The van der Waals surface area contributed by atoms with Crippen molar-refractivity contribution in [2.75, 3.05) is 0 Å². The molecular formula is H6BCl6. The van der Waals surface area contributed by atoms with Gasteiger partial charge in [0.15, 0.2) is 0 Å². The molecule has 7 heteroatoms. The molecule has 0 atom stereocenters. The van der Waals surface area contributed by atoms with Gasteiger partial charge in [0.05, 0.1) is 0 Å². The van der Waals surface area contributed by atoms with Crippen LogP contribution in [0.5, 0.6) is 0 Å². The molecule has 0 aliphatic heterocycles. The molecule has 51 valence electrons. The molecule has 0 fully saturated rings. The lowest BCUT2D eigenvalue weighted by Gasteiger charge is -0.148. The fourth-order valence-electron chi connectivity index (χ4n) is 0. The average molecular weight is 230 g/mol. The number of halogens is 6. The van der Waals surface area contributed by atoms with Crippen LogP contribution in [-0.2, 0) is 0 Å². The lowest BCUT2D eigenvalue weighted by atomic mass is 10.8. The van der Waals surface area contributed by atoms with Gasteiger partial charge in [-0.3, -0.25) is 0 Å². The van der Waals surface area contributed by atoms with Gasteiger partial charge in [-0.2, -0.15) is 0 Å². The Balaban J connectivity index is 0. The maximum atomic E-state index is 0. The number of rotatable bonds is 0. The highest BCUT2D eigenvalue weighted by Crippen LogP contribution is 0.695. The Morgan fingerprint density at radius 3 is 0.286 bits per heavy atom. The summed E-state index contributed by atoms with van der Waals surface area (Å²) in [6, 6.07) is 0. The van der Waals surface area contributed by atoms with Crippen molar-refractivity contribution >= 4 is 82.9 Å². The van der Waals surface area contributed by atoms with Crippen LogP contribution in [0.3, 0.4) is 0 Å². The van der Waals surface area contributed by atoms with E-state index in [1.165, 1.54) is 0 Å². The normalized spacial score (nSPS) is 0. The minimum absolute atomic E-state index is 0. The van der Waals surface area contributed by atoms with Crippen LogP contribution in [0.25, 0.3) is 0 Å². The molecule has 0 unspecified atom stereocenters. The highest BCUT2D eigenvalue weighted by molar-refractivity contribution is 5.86. The van der Waals surface area contributed by atoms with Crippen LogP contribution in [-0.4, -0.2) is 8.41 Å². The van der Waals surface area contributed by atoms with E-state index < -0.39 is 0 Å². The van der Waals surface area contributed by atoms with Crippen LogP contribution in [0.2, 0.25) is 0 Å². The van der Waals surface area contributed by atoms with E-state index in [1.54, 1.807) is 0 Å². The van der Waals surface area contributed by atoms with Gasteiger partial charge in [-0.05, 0) is 0 Å². The Hall–Kier alpha value is 1.80. The van der Waals surface area contributed by atoms with Gasteiger partial charge in [0.1, 0.15) is 0 Å². The zero-order valence-electron chi connectivity index (χ0n) is 3.03. The molecule has 0 nitrogen and oxygen atoms in total. The van der Waals surface area contributed by atoms with Crippen LogP contribution in [0.1, 0.15) is 0 Å². The summed E-state index contributed by atoms with van der Waals surface area (Å²) in [6.45, 7) is 0. The third kappa shape index (κ3) is 80.7. The summed E-state index contributed by atoms with van der Waals surface area (Å²) < 4.78 is 0. The van der Waals surface area contributed by atoms with E-state index in [0.29, 0.717) is 0 Å². The van der Waals surface area contributed by atoms with E-state index in [9.17, 15) is 0 Å².